The Morgan fingerprint density at radius 3 is 3.00 bits per heavy atom. The number of nitrogens with zero attached hydrogens (tertiary/aromatic N) is 2. The van der Waals surface area contributed by atoms with Crippen LogP contribution >= 0.6 is 0 Å². The van der Waals surface area contributed by atoms with Crippen LogP contribution in [0.2, 0.25) is 0 Å². The summed E-state index contributed by atoms with van der Waals surface area (Å²) in [5.74, 6) is 0.147. The maximum Gasteiger partial charge on any atom is 0.271 e. The van der Waals surface area contributed by atoms with Crippen molar-refractivity contribution in [3.05, 3.63) is 18.0 Å². The van der Waals surface area contributed by atoms with Gasteiger partial charge >= 0.3 is 0 Å². The van der Waals surface area contributed by atoms with Crippen LogP contribution in [0.25, 0.3) is 0 Å². The maximum absolute atomic E-state index is 11.5. The summed E-state index contributed by atoms with van der Waals surface area (Å²) in [7, 11) is 1.78. The van der Waals surface area contributed by atoms with Gasteiger partial charge in [-0.3, -0.25) is 9.48 Å². The van der Waals surface area contributed by atoms with Crippen molar-refractivity contribution in [1.82, 2.24) is 15.1 Å². The van der Waals surface area contributed by atoms with Gasteiger partial charge in [0.15, 0.2) is 0 Å². The highest BCUT2D eigenvalue weighted by molar-refractivity contribution is 5.92. The molecule has 0 aliphatic rings. The molecule has 1 aromatic rings. The molecule has 14 heavy (non-hydrogen) atoms. The minimum atomic E-state index is -0.147. The topological polar surface area (TPSA) is 72.9 Å². The van der Waals surface area contributed by atoms with Crippen molar-refractivity contribution in [2.45, 2.75) is 6.92 Å². The van der Waals surface area contributed by atoms with Crippen molar-refractivity contribution in [3.63, 3.8) is 0 Å². The number of amides is 1. The SMILES string of the molecule is CC(CN)CNC(=O)c1ccn(C)n1. The zero-order chi connectivity index (χ0) is 10.6. The third-order valence-corrected chi connectivity index (χ3v) is 1.96. The fourth-order valence-electron chi connectivity index (χ4n) is 0.977. The molecular weight excluding hydrogens is 180 g/mol. The molecule has 0 spiro atoms. The highest BCUT2D eigenvalue weighted by Crippen LogP contribution is 1.94. The van der Waals surface area contributed by atoms with Gasteiger partial charge in [-0.15, -0.1) is 0 Å². The van der Waals surface area contributed by atoms with Crippen LogP contribution in [-0.2, 0) is 7.05 Å². The first kappa shape index (κ1) is 10.7. The van der Waals surface area contributed by atoms with Gasteiger partial charge in [-0.25, -0.2) is 0 Å². The van der Waals surface area contributed by atoms with E-state index in [1.807, 2.05) is 6.92 Å². The summed E-state index contributed by atoms with van der Waals surface area (Å²) >= 11 is 0. The summed E-state index contributed by atoms with van der Waals surface area (Å²) in [4.78, 5) is 11.5. The van der Waals surface area contributed by atoms with Gasteiger partial charge in [-0.05, 0) is 18.5 Å². The van der Waals surface area contributed by atoms with Crippen LogP contribution < -0.4 is 11.1 Å². The van der Waals surface area contributed by atoms with Crippen LogP contribution in [0, 0.1) is 5.92 Å². The lowest BCUT2D eigenvalue weighted by Gasteiger charge is -2.08. The van der Waals surface area contributed by atoms with Crippen LogP contribution in [-0.4, -0.2) is 28.8 Å². The molecule has 0 aliphatic carbocycles. The van der Waals surface area contributed by atoms with Crippen LogP contribution in [0.15, 0.2) is 12.3 Å². The van der Waals surface area contributed by atoms with Crippen molar-refractivity contribution in [3.8, 4) is 0 Å². The summed E-state index contributed by atoms with van der Waals surface area (Å²) in [5.41, 5.74) is 5.87. The predicted octanol–water partition coefficient (Wildman–Crippen LogP) is -0.255. The molecule has 1 heterocycles. The van der Waals surface area contributed by atoms with Crippen molar-refractivity contribution in [2.24, 2.45) is 18.7 Å². The second kappa shape index (κ2) is 4.76. The molecule has 1 amide bonds. The first-order valence-corrected chi connectivity index (χ1v) is 4.61. The zero-order valence-corrected chi connectivity index (χ0v) is 8.53. The van der Waals surface area contributed by atoms with Crippen molar-refractivity contribution < 1.29 is 4.79 Å². The van der Waals surface area contributed by atoms with E-state index in [2.05, 4.69) is 10.4 Å². The predicted molar refractivity (Wildman–Crippen MR) is 53.8 cm³/mol. The van der Waals surface area contributed by atoms with Gasteiger partial charge in [-0.2, -0.15) is 5.10 Å². The lowest BCUT2D eigenvalue weighted by Crippen LogP contribution is -2.31. The van der Waals surface area contributed by atoms with Gasteiger partial charge in [0.1, 0.15) is 5.69 Å². The van der Waals surface area contributed by atoms with Crippen molar-refractivity contribution in [2.75, 3.05) is 13.1 Å². The van der Waals surface area contributed by atoms with E-state index >= 15 is 0 Å². The number of carbonyl (C=O) groups excluding carboxylic acids is 1. The Morgan fingerprint density at radius 2 is 2.50 bits per heavy atom. The first-order chi connectivity index (χ1) is 6.63. The van der Waals surface area contributed by atoms with E-state index < -0.39 is 0 Å². The minimum absolute atomic E-state index is 0.147. The molecule has 0 aromatic carbocycles. The molecule has 78 valence electrons. The molecule has 1 rings (SSSR count). The molecule has 1 atom stereocenters. The second-order valence-electron chi connectivity index (χ2n) is 3.43. The number of aryl methyl sites for hydroxylation is 1. The molecule has 0 bridgehead atoms. The van der Waals surface area contributed by atoms with Crippen LogP contribution in [0.5, 0.6) is 0 Å². The van der Waals surface area contributed by atoms with Crippen LogP contribution in [0.4, 0.5) is 0 Å². The highest BCUT2D eigenvalue weighted by Gasteiger charge is 2.08. The highest BCUT2D eigenvalue weighted by atomic mass is 16.1. The molecule has 0 radical (unpaired) electrons. The number of rotatable bonds is 4. The van der Waals surface area contributed by atoms with E-state index in [0.717, 1.165) is 0 Å². The van der Waals surface area contributed by atoms with Gasteiger partial charge in [0.05, 0.1) is 0 Å². The number of hydrogen-bond acceptors (Lipinski definition) is 3. The van der Waals surface area contributed by atoms with E-state index in [-0.39, 0.29) is 5.91 Å². The van der Waals surface area contributed by atoms with Crippen molar-refractivity contribution >= 4 is 5.91 Å². The normalized spacial score (nSPS) is 12.5. The van der Waals surface area contributed by atoms with E-state index in [1.54, 1.807) is 24.0 Å². The largest absolute Gasteiger partial charge is 0.350 e. The Morgan fingerprint density at radius 1 is 1.79 bits per heavy atom. The smallest absolute Gasteiger partial charge is 0.271 e. The lowest BCUT2D eigenvalue weighted by atomic mass is 10.2. The number of hydrogen-bond donors (Lipinski definition) is 2. The summed E-state index contributed by atoms with van der Waals surface area (Å²) < 4.78 is 1.60. The van der Waals surface area contributed by atoms with E-state index in [9.17, 15) is 4.79 Å². The first-order valence-electron chi connectivity index (χ1n) is 4.61. The molecule has 0 saturated heterocycles. The molecular formula is C9H16N4O. The van der Waals surface area contributed by atoms with Crippen LogP contribution in [0.3, 0.4) is 0 Å². The molecule has 5 heteroatoms. The zero-order valence-electron chi connectivity index (χ0n) is 8.53. The molecule has 1 unspecified atom stereocenters. The third-order valence-electron chi connectivity index (χ3n) is 1.96. The molecule has 1 aromatic heterocycles. The Bertz CT molecular complexity index is 308. The molecule has 3 N–H and O–H groups in total. The van der Waals surface area contributed by atoms with Gasteiger partial charge in [0.25, 0.3) is 5.91 Å². The number of aromatic nitrogens is 2. The molecule has 0 fully saturated rings. The number of carbonyl (C=O) groups is 1. The summed E-state index contributed by atoms with van der Waals surface area (Å²) in [6.45, 7) is 3.15. The number of nitrogens with one attached hydrogen (secondary N) is 1. The lowest BCUT2D eigenvalue weighted by molar-refractivity contribution is 0.0943. The number of nitrogens with two attached hydrogens (primary N) is 1. The average Bonchev–Trinajstić information content (AvgIpc) is 2.60. The maximum atomic E-state index is 11.5. The van der Waals surface area contributed by atoms with Gasteiger partial charge in [-0.1, -0.05) is 6.92 Å². The summed E-state index contributed by atoms with van der Waals surface area (Å²) in [6, 6.07) is 1.68. The third kappa shape index (κ3) is 2.85. The average molecular weight is 196 g/mol. The standard InChI is InChI=1S/C9H16N4O/c1-7(5-10)6-11-9(14)8-3-4-13(2)12-8/h3-4,7H,5-6,10H2,1-2H3,(H,11,14). The van der Waals surface area contributed by atoms with E-state index in [0.29, 0.717) is 24.7 Å². The summed E-state index contributed by atoms with van der Waals surface area (Å²) in [6.07, 6.45) is 1.74. The fraction of sp³-hybridized carbons (Fsp3) is 0.556. The molecule has 5 nitrogen and oxygen atoms in total. The Labute approximate surface area is 83.3 Å². The fourth-order valence-corrected chi connectivity index (χ4v) is 0.977. The minimum Gasteiger partial charge on any atom is -0.350 e. The summed E-state index contributed by atoms with van der Waals surface area (Å²) in [5, 5.41) is 6.76. The van der Waals surface area contributed by atoms with Crippen LogP contribution in [0.1, 0.15) is 17.4 Å². The van der Waals surface area contributed by atoms with Gasteiger partial charge in [0.2, 0.25) is 0 Å². The second-order valence-corrected chi connectivity index (χ2v) is 3.43. The molecule has 0 aliphatic heterocycles. The van der Waals surface area contributed by atoms with E-state index in [1.165, 1.54) is 0 Å². The quantitative estimate of drug-likeness (QED) is 0.697. The van der Waals surface area contributed by atoms with Gasteiger partial charge in [0, 0.05) is 19.8 Å². The van der Waals surface area contributed by atoms with E-state index in [4.69, 9.17) is 5.73 Å². The Balaban J connectivity index is 2.43. The van der Waals surface area contributed by atoms with Crippen molar-refractivity contribution in [1.29, 1.82) is 0 Å². The van der Waals surface area contributed by atoms with Gasteiger partial charge < -0.3 is 11.1 Å². The monoisotopic (exact) mass is 196 g/mol. The Kier molecular flexibility index (Phi) is 3.64. The Hall–Kier alpha value is -1.36. The molecule has 0 saturated carbocycles.